The third-order valence-corrected chi connectivity index (χ3v) is 7.46. The van der Waals surface area contributed by atoms with Crippen LogP contribution in [0.2, 0.25) is 10.0 Å². The number of hydrogen-bond donors (Lipinski definition) is 1. The van der Waals surface area contributed by atoms with E-state index in [1.54, 1.807) is 18.2 Å². The normalized spacial score (nSPS) is 17.5. The molecule has 0 saturated carbocycles. The molecule has 0 saturated heterocycles. The zero-order valence-corrected chi connectivity index (χ0v) is 23.3. The zero-order valence-electron chi connectivity index (χ0n) is 19.7. The molecule has 2 N–H and O–H groups in total. The van der Waals surface area contributed by atoms with Crippen LogP contribution < -0.4 is 15.2 Å². The van der Waals surface area contributed by atoms with Gasteiger partial charge in [-0.3, -0.25) is 4.79 Å². The standard InChI is InChI=1S/C26H24Cl2INO6/c1-3-34-20-11-14(10-17(29)24(20)35-12-13-7-8-15(27)16(28)9-13)21-22-18(31)5-4-6-19(22)36-25(30)23(21)26(32)33-2/h7-11,21H,3-6,12,30H2,1-2H3/t21-/m0/s1. The van der Waals surface area contributed by atoms with E-state index in [1.807, 2.05) is 19.1 Å². The van der Waals surface area contributed by atoms with Crippen molar-refractivity contribution in [3.05, 3.63) is 77.9 Å². The molecular formula is C26H24Cl2INO6. The first-order valence-electron chi connectivity index (χ1n) is 11.3. The third kappa shape index (κ3) is 5.31. The highest BCUT2D eigenvalue weighted by atomic mass is 127. The van der Waals surface area contributed by atoms with Gasteiger partial charge in [-0.1, -0.05) is 29.3 Å². The summed E-state index contributed by atoms with van der Waals surface area (Å²) in [5, 5.41) is 0.902. The summed E-state index contributed by atoms with van der Waals surface area (Å²) in [6.07, 6.45) is 1.59. The second-order valence-electron chi connectivity index (χ2n) is 8.22. The highest BCUT2D eigenvalue weighted by molar-refractivity contribution is 14.1. The van der Waals surface area contributed by atoms with Crippen LogP contribution in [0.1, 0.15) is 43.2 Å². The number of rotatable bonds is 7. The predicted molar refractivity (Wildman–Crippen MR) is 144 cm³/mol. The van der Waals surface area contributed by atoms with E-state index in [2.05, 4.69) is 22.6 Å². The van der Waals surface area contributed by atoms with Gasteiger partial charge in [0.1, 0.15) is 17.9 Å². The predicted octanol–water partition coefficient (Wildman–Crippen LogP) is 6.04. The molecule has 7 nitrogen and oxygen atoms in total. The number of allylic oxidation sites excluding steroid dienone is 2. The second-order valence-corrected chi connectivity index (χ2v) is 10.2. The minimum atomic E-state index is -0.745. The molecule has 0 amide bonds. The summed E-state index contributed by atoms with van der Waals surface area (Å²) in [5.74, 6) is -0.0500. The Morgan fingerprint density at radius 1 is 1.17 bits per heavy atom. The summed E-state index contributed by atoms with van der Waals surface area (Å²) in [5.41, 5.74) is 8.18. The maximum atomic E-state index is 13.0. The topological polar surface area (TPSA) is 97.1 Å². The first-order chi connectivity index (χ1) is 17.2. The molecule has 1 aliphatic carbocycles. The zero-order chi connectivity index (χ0) is 26.0. The fourth-order valence-electron chi connectivity index (χ4n) is 4.34. The van der Waals surface area contributed by atoms with E-state index in [0.717, 1.165) is 9.13 Å². The van der Waals surface area contributed by atoms with Crippen molar-refractivity contribution in [2.24, 2.45) is 5.73 Å². The monoisotopic (exact) mass is 643 g/mol. The van der Waals surface area contributed by atoms with Gasteiger partial charge in [0.2, 0.25) is 5.88 Å². The molecule has 4 rings (SSSR count). The highest BCUT2D eigenvalue weighted by Crippen LogP contribution is 2.47. The van der Waals surface area contributed by atoms with Crippen LogP contribution >= 0.6 is 45.8 Å². The third-order valence-electron chi connectivity index (χ3n) is 5.92. The Morgan fingerprint density at radius 3 is 2.64 bits per heavy atom. The second kappa shape index (κ2) is 11.3. The summed E-state index contributed by atoms with van der Waals surface area (Å²) >= 11 is 14.3. The largest absolute Gasteiger partial charge is 0.490 e. The molecular weight excluding hydrogens is 620 g/mol. The van der Waals surface area contributed by atoms with Crippen molar-refractivity contribution in [3.8, 4) is 11.5 Å². The van der Waals surface area contributed by atoms with Crippen molar-refractivity contribution in [1.29, 1.82) is 0 Å². The summed E-state index contributed by atoms with van der Waals surface area (Å²) in [6.45, 7) is 2.47. The van der Waals surface area contributed by atoms with Crippen LogP contribution in [0.5, 0.6) is 11.5 Å². The van der Waals surface area contributed by atoms with Crippen LogP contribution in [0.25, 0.3) is 0 Å². The van der Waals surface area contributed by atoms with E-state index >= 15 is 0 Å². The quantitative estimate of drug-likeness (QED) is 0.290. The fourth-order valence-corrected chi connectivity index (χ4v) is 5.44. The number of esters is 1. The van der Waals surface area contributed by atoms with Crippen LogP contribution in [-0.4, -0.2) is 25.5 Å². The lowest BCUT2D eigenvalue weighted by molar-refractivity contribution is -0.136. The molecule has 1 heterocycles. The molecule has 2 aromatic rings. The van der Waals surface area contributed by atoms with E-state index in [4.69, 9.17) is 47.9 Å². The summed E-state index contributed by atoms with van der Waals surface area (Å²) in [4.78, 5) is 25.8. The van der Waals surface area contributed by atoms with Crippen molar-refractivity contribution in [1.82, 2.24) is 0 Å². The lowest BCUT2D eigenvalue weighted by Gasteiger charge is -2.32. The summed E-state index contributed by atoms with van der Waals surface area (Å²) < 4.78 is 23.5. The Morgan fingerprint density at radius 2 is 1.94 bits per heavy atom. The van der Waals surface area contributed by atoms with Crippen LogP contribution in [0.4, 0.5) is 0 Å². The molecule has 10 heteroatoms. The van der Waals surface area contributed by atoms with Crippen molar-refractivity contribution in [2.45, 2.75) is 38.7 Å². The number of halogens is 3. The number of benzene rings is 2. The first kappa shape index (κ1) is 26.6. The van der Waals surface area contributed by atoms with Gasteiger partial charge >= 0.3 is 5.97 Å². The Hall–Kier alpha value is -2.43. The van der Waals surface area contributed by atoms with Crippen molar-refractivity contribution < 1.29 is 28.5 Å². The van der Waals surface area contributed by atoms with Gasteiger partial charge in [0.25, 0.3) is 0 Å². The van der Waals surface area contributed by atoms with Gasteiger partial charge < -0.3 is 24.7 Å². The van der Waals surface area contributed by atoms with E-state index < -0.39 is 11.9 Å². The minimum Gasteiger partial charge on any atom is -0.490 e. The average molecular weight is 644 g/mol. The Balaban J connectivity index is 1.78. The molecule has 0 radical (unpaired) electrons. The fraction of sp³-hybridized carbons (Fsp3) is 0.308. The lowest BCUT2D eigenvalue weighted by atomic mass is 9.77. The number of ketones is 1. The summed E-state index contributed by atoms with van der Waals surface area (Å²) in [7, 11) is 1.27. The Labute approximate surface area is 232 Å². The number of methoxy groups -OCH3 is 1. The molecule has 0 fully saturated rings. The summed E-state index contributed by atoms with van der Waals surface area (Å²) in [6, 6.07) is 8.91. The van der Waals surface area contributed by atoms with Gasteiger partial charge in [-0.15, -0.1) is 0 Å². The Kier molecular flexibility index (Phi) is 8.37. The minimum absolute atomic E-state index is 0.0618. The number of carbonyl (C=O) groups is 2. The van der Waals surface area contributed by atoms with Gasteiger partial charge in [-0.2, -0.15) is 0 Å². The van der Waals surface area contributed by atoms with E-state index in [9.17, 15) is 9.59 Å². The molecule has 0 spiro atoms. The average Bonchev–Trinajstić information content (AvgIpc) is 2.84. The van der Waals surface area contributed by atoms with Crippen LogP contribution in [0.15, 0.2) is 53.1 Å². The number of hydrogen-bond acceptors (Lipinski definition) is 7. The number of nitrogens with two attached hydrogens (primary N) is 1. The van der Waals surface area contributed by atoms with E-state index in [1.165, 1.54) is 7.11 Å². The molecule has 0 aromatic heterocycles. The van der Waals surface area contributed by atoms with Gasteiger partial charge in [0.05, 0.1) is 33.3 Å². The first-order valence-corrected chi connectivity index (χ1v) is 13.1. The maximum absolute atomic E-state index is 13.0. The van der Waals surface area contributed by atoms with Gasteiger partial charge in [0.15, 0.2) is 17.3 Å². The van der Waals surface area contributed by atoms with Gasteiger partial charge in [0, 0.05) is 18.4 Å². The number of Topliss-reactive ketones (excluding diaryl/α,β-unsaturated/α-hetero) is 1. The number of ether oxygens (including phenoxy) is 4. The number of carbonyl (C=O) groups excluding carboxylic acids is 2. The van der Waals surface area contributed by atoms with Crippen LogP contribution in [0, 0.1) is 3.57 Å². The molecule has 2 aromatic carbocycles. The highest BCUT2D eigenvalue weighted by Gasteiger charge is 2.41. The molecule has 1 atom stereocenters. The molecule has 36 heavy (non-hydrogen) atoms. The van der Waals surface area contributed by atoms with Crippen molar-refractivity contribution in [3.63, 3.8) is 0 Å². The van der Waals surface area contributed by atoms with E-state index in [-0.39, 0.29) is 23.8 Å². The van der Waals surface area contributed by atoms with Crippen LogP contribution in [0.3, 0.4) is 0 Å². The van der Waals surface area contributed by atoms with Crippen molar-refractivity contribution in [2.75, 3.05) is 13.7 Å². The van der Waals surface area contributed by atoms with Gasteiger partial charge in [-0.05, 0) is 71.3 Å². The Bertz CT molecular complexity index is 1290. The SMILES string of the molecule is CCOc1cc([C@@H]2C(C(=O)OC)=C(N)OC3=C2C(=O)CCC3)cc(I)c1OCc1ccc(Cl)c(Cl)c1. The van der Waals surface area contributed by atoms with Gasteiger partial charge in [-0.25, -0.2) is 4.79 Å². The molecule has 190 valence electrons. The molecule has 1 aliphatic heterocycles. The smallest absolute Gasteiger partial charge is 0.340 e. The van der Waals surface area contributed by atoms with Crippen LogP contribution in [-0.2, 0) is 25.7 Å². The molecule has 2 aliphatic rings. The van der Waals surface area contributed by atoms with Crippen molar-refractivity contribution >= 4 is 57.5 Å². The molecule has 0 unspecified atom stereocenters. The van der Waals surface area contributed by atoms with E-state index in [0.29, 0.717) is 64.3 Å². The maximum Gasteiger partial charge on any atom is 0.340 e. The molecule has 0 bridgehead atoms. The lowest BCUT2D eigenvalue weighted by Crippen LogP contribution is -2.31.